The van der Waals surface area contributed by atoms with Crippen LogP contribution in [0.25, 0.3) is 16.2 Å². The van der Waals surface area contributed by atoms with Crippen LogP contribution >= 0.6 is 11.3 Å². The molecule has 4 rings (SSSR count). The lowest BCUT2D eigenvalue weighted by molar-refractivity contribution is -0.119. The molecule has 8 heteroatoms. The Morgan fingerprint density at radius 1 is 1.06 bits per heavy atom. The van der Waals surface area contributed by atoms with Crippen LogP contribution in [0.15, 0.2) is 48.5 Å². The van der Waals surface area contributed by atoms with Crippen LogP contribution < -0.4 is 15.5 Å². The number of likely N-dealkylation sites (N-methyl/N-ethyl adjacent to an activating group) is 1. The summed E-state index contributed by atoms with van der Waals surface area (Å²) in [6.45, 7) is 11.3. The lowest BCUT2D eigenvalue weighted by Crippen LogP contribution is -2.34. The minimum Gasteiger partial charge on any atom is -0.364 e. The molecule has 0 aliphatic heterocycles. The molecule has 2 aromatic heterocycles. The van der Waals surface area contributed by atoms with E-state index in [1.807, 2.05) is 28.6 Å². The average molecular weight is 491 g/mol. The van der Waals surface area contributed by atoms with Crippen LogP contribution in [0, 0.1) is 6.92 Å². The predicted octanol–water partition coefficient (Wildman–Crippen LogP) is 5.29. The van der Waals surface area contributed by atoms with Gasteiger partial charge in [0, 0.05) is 24.7 Å². The SMILES string of the molecule is CCc1ccc(-c2nc3sc(N(C)CC(=O)NCc4ccc(C)cc4)nn3c2NC(C)(C)C)cc1. The molecular formula is C27H34N6OS. The second-order valence-corrected chi connectivity index (χ2v) is 10.9. The zero-order valence-corrected chi connectivity index (χ0v) is 22.2. The summed E-state index contributed by atoms with van der Waals surface area (Å²) in [6, 6.07) is 16.7. The average Bonchev–Trinajstić information content (AvgIpc) is 3.37. The van der Waals surface area contributed by atoms with Crippen LogP contribution in [0.2, 0.25) is 0 Å². The molecule has 0 fully saturated rings. The van der Waals surface area contributed by atoms with Crippen molar-refractivity contribution in [3.05, 3.63) is 65.2 Å². The maximum atomic E-state index is 12.6. The summed E-state index contributed by atoms with van der Waals surface area (Å²) in [7, 11) is 1.88. The highest BCUT2D eigenvalue weighted by molar-refractivity contribution is 7.20. The van der Waals surface area contributed by atoms with Gasteiger partial charge in [-0.2, -0.15) is 4.52 Å². The van der Waals surface area contributed by atoms with Gasteiger partial charge in [0.25, 0.3) is 0 Å². The number of carbonyl (C=O) groups excluding carboxylic acids is 1. The Morgan fingerprint density at radius 2 is 1.71 bits per heavy atom. The summed E-state index contributed by atoms with van der Waals surface area (Å²) in [5.41, 5.74) is 5.34. The lowest BCUT2D eigenvalue weighted by Gasteiger charge is -2.22. The van der Waals surface area contributed by atoms with E-state index in [0.29, 0.717) is 6.54 Å². The smallest absolute Gasteiger partial charge is 0.239 e. The Morgan fingerprint density at radius 3 is 2.34 bits per heavy atom. The van der Waals surface area contributed by atoms with E-state index in [1.54, 1.807) is 0 Å². The Hall–Kier alpha value is -3.39. The van der Waals surface area contributed by atoms with Crippen LogP contribution in [0.4, 0.5) is 10.9 Å². The first-order valence-electron chi connectivity index (χ1n) is 11.9. The number of anilines is 2. The fraction of sp³-hybridized carbons (Fsp3) is 0.370. The first-order valence-corrected chi connectivity index (χ1v) is 12.7. The number of carbonyl (C=O) groups is 1. The minimum absolute atomic E-state index is 0.0503. The molecule has 7 nitrogen and oxygen atoms in total. The van der Waals surface area contributed by atoms with Crippen LogP contribution in [-0.2, 0) is 17.8 Å². The van der Waals surface area contributed by atoms with Crippen LogP contribution in [-0.4, -0.2) is 39.6 Å². The summed E-state index contributed by atoms with van der Waals surface area (Å²) >= 11 is 1.47. The van der Waals surface area contributed by atoms with Crippen molar-refractivity contribution in [2.75, 3.05) is 23.8 Å². The van der Waals surface area contributed by atoms with E-state index in [9.17, 15) is 4.79 Å². The zero-order valence-electron chi connectivity index (χ0n) is 21.3. The number of rotatable bonds is 8. The number of hydrogen-bond acceptors (Lipinski definition) is 6. The predicted molar refractivity (Wildman–Crippen MR) is 145 cm³/mol. The fourth-order valence-corrected chi connectivity index (χ4v) is 4.57. The van der Waals surface area contributed by atoms with Gasteiger partial charge in [0.05, 0.1) is 6.54 Å². The molecule has 35 heavy (non-hydrogen) atoms. The van der Waals surface area contributed by atoms with Crippen LogP contribution in [0.1, 0.15) is 44.4 Å². The van der Waals surface area contributed by atoms with Gasteiger partial charge in [-0.25, -0.2) is 4.98 Å². The maximum Gasteiger partial charge on any atom is 0.239 e. The largest absolute Gasteiger partial charge is 0.364 e. The molecular weight excluding hydrogens is 456 g/mol. The van der Waals surface area contributed by atoms with E-state index in [1.165, 1.54) is 22.5 Å². The molecule has 2 aromatic carbocycles. The quantitative estimate of drug-likeness (QED) is 0.351. The van der Waals surface area contributed by atoms with Crippen molar-refractivity contribution in [2.24, 2.45) is 0 Å². The van der Waals surface area contributed by atoms with Gasteiger partial charge in [-0.3, -0.25) is 4.79 Å². The monoisotopic (exact) mass is 490 g/mol. The molecule has 0 saturated carbocycles. The van der Waals surface area contributed by atoms with Crippen molar-refractivity contribution in [3.63, 3.8) is 0 Å². The van der Waals surface area contributed by atoms with Crippen molar-refractivity contribution in [1.82, 2.24) is 19.9 Å². The number of benzene rings is 2. The van der Waals surface area contributed by atoms with Gasteiger partial charge >= 0.3 is 0 Å². The van der Waals surface area contributed by atoms with Gasteiger partial charge in [0.2, 0.25) is 16.0 Å². The third-order valence-electron chi connectivity index (χ3n) is 5.64. The molecule has 2 heterocycles. The number of hydrogen-bond donors (Lipinski definition) is 2. The standard InChI is InChI=1S/C27H34N6OS/c1-7-19-12-14-21(15-13-19)23-24(30-27(3,4)5)33-25(29-23)35-26(31-33)32(6)17-22(34)28-16-20-10-8-18(2)9-11-20/h8-15,30H,7,16-17H2,1-6H3,(H,28,34). The molecule has 0 spiro atoms. The van der Waals surface area contributed by atoms with E-state index in [2.05, 4.69) is 81.7 Å². The Bertz CT molecular complexity index is 1300. The van der Waals surface area contributed by atoms with Crippen LogP contribution in [0.5, 0.6) is 0 Å². The number of fused-ring (bicyclic) bond motifs is 1. The van der Waals surface area contributed by atoms with Crippen molar-refractivity contribution in [1.29, 1.82) is 0 Å². The minimum atomic E-state index is -0.167. The first kappa shape index (κ1) is 24.7. The Labute approximate surface area is 211 Å². The molecule has 0 aliphatic rings. The van der Waals surface area contributed by atoms with Gasteiger partial charge in [0.15, 0.2) is 5.82 Å². The maximum absolute atomic E-state index is 12.6. The summed E-state index contributed by atoms with van der Waals surface area (Å²) in [6.07, 6.45) is 1.00. The number of aromatic nitrogens is 3. The topological polar surface area (TPSA) is 74.6 Å². The second kappa shape index (κ2) is 10.1. The number of nitrogens with one attached hydrogen (secondary N) is 2. The van der Waals surface area contributed by atoms with Crippen molar-refractivity contribution >= 4 is 33.2 Å². The number of imidazole rings is 1. The molecule has 0 radical (unpaired) electrons. The fourth-order valence-electron chi connectivity index (χ4n) is 3.71. The molecule has 0 unspecified atom stereocenters. The summed E-state index contributed by atoms with van der Waals surface area (Å²) in [4.78, 5) is 20.1. The second-order valence-electron chi connectivity index (χ2n) is 9.93. The summed E-state index contributed by atoms with van der Waals surface area (Å²) in [5, 5.41) is 12.1. The van der Waals surface area contributed by atoms with Gasteiger partial charge in [-0.15, -0.1) is 5.10 Å². The molecule has 1 amide bonds. The van der Waals surface area contributed by atoms with Gasteiger partial charge in [0.1, 0.15) is 5.69 Å². The van der Waals surface area contributed by atoms with Crippen molar-refractivity contribution in [3.8, 4) is 11.3 Å². The molecule has 4 aromatic rings. The highest BCUT2D eigenvalue weighted by Gasteiger charge is 2.23. The molecule has 0 saturated heterocycles. The highest BCUT2D eigenvalue weighted by Crippen LogP contribution is 2.34. The Kier molecular flexibility index (Phi) is 7.12. The van der Waals surface area contributed by atoms with E-state index in [0.717, 1.165) is 39.2 Å². The molecule has 2 N–H and O–H groups in total. The number of nitrogens with zero attached hydrogens (tertiary/aromatic N) is 4. The summed E-state index contributed by atoms with van der Waals surface area (Å²) in [5.74, 6) is 0.808. The zero-order chi connectivity index (χ0) is 25.2. The van der Waals surface area contributed by atoms with E-state index < -0.39 is 0 Å². The molecule has 184 valence electrons. The van der Waals surface area contributed by atoms with E-state index in [-0.39, 0.29) is 18.0 Å². The summed E-state index contributed by atoms with van der Waals surface area (Å²) < 4.78 is 1.86. The van der Waals surface area contributed by atoms with Crippen molar-refractivity contribution in [2.45, 2.75) is 53.1 Å². The normalized spacial score (nSPS) is 11.6. The first-order chi connectivity index (χ1) is 16.6. The van der Waals surface area contributed by atoms with Gasteiger partial charge in [-0.05, 0) is 45.2 Å². The van der Waals surface area contributed by atoms with Gasteiger partial charge in [-0.1, -0.05) is 72.4 Å². The molecule has 0 aliphatic carbocycles. The Balaban J connectivity index is 1.53. The highest BCUT2D eigenvalue weighted by atomic mass is 32.1. The lowest BCUT2D eigenvalue weighted by atomic mass is 10.1. The van der Waals surface area contributed by atoms with Crippen molar-refractivity contribution < 1.29 is 4.79 Å². The number of aryl methyl sites for hydroxylation is 2. The molecule has 0 atom stereocenters. The number of amides is 1. The van der Waals surface area contributed by atoms with E-state index in [4.69, 9.17) is 10.1 Å². The van der Waals surface area contributed by atoms with Gasteiger partial charge < -0.3 is 15.5 Å². The third kappa shape index (κ3) is 6.00. The van der Waals surface area contributed by atoms with E-state index >= 15 is 0 Å². The van der Waals surface area contributed by atoms with Crippen LogP contribution in [0.3, 0.4) is 0 Å². The molecule has 0 bridgehead atoms. The third-order valence-corrected chi connectivity index (χ3v) is 6.66.